The minimum absolute atomic E-state index is 0.0384. The molecule has 2 aliphatic heterocycles. The van der Waals surface area contributed by atoms with Crippen LogP contribution in [-0.4, -0.2) is 28.6 Å². The van der Waals surface area contributed by atoms with Gasteiger partial charge in [-0.2, -0.15) is 4.58 Å². The highest BCUT2D eigenvalue weighted by molar-refractivity contribution is 8.08. The van der Waals surface area contributed by atoms with Crippen molar-refractivity contribution < 1.29 is 9.31 Å². The highest BCUT2D eigenvalue weighted by Crippen LogP contribution is 2.45. The van der Waals surface area contributed by atoms with Crippen molar-refractivity contribution in [3.8, 4) is 0 Å². The predicted octanol–water partition coefficient (Wildman–Crippen LogP) is 4.96. The Balaban J connectivity index is 1.51. The Morgan fingerprint density at radius 1 is 0.921 bits per heavy atom. The zero-order valence-electron chi connectivity index (χ0n) is 21.7. The monoisotopic (exact) mass is 540 g/mol. The molecule has 38 heavy (non-hydrogen) atoms. The molecule has 192 valence electrons. The summed E-state index contributed by atoms with van der Waals surface area (Å²) in [6, 6.07) is 29.3. The Bertz CT molecular complexity index is 1690. The Kier molecular flexibility index (Phi) is 6.72. The molecule has 2 unspecified atom stereocenters. The zero-order valence-corrected chi connectivity index (χ0v) is 23.3. The third-order valence-corrected chi connectivity index (χ3v) is 9.66. The first kappa shape index (κ1) is 24.8. The largest absolute Gasteiger partial charge is 0.429 e. The highest BCUT2D eigenvalue weighted by atomic mass is 32.2. The summed E-state index contributed by atoms with van der Waals surface area (Å²) in [6.07, 6.45) is 1.92. The summed E-state index contributed by atoms with van der Waals surface area (Å²) >= 11 is 3.21. The van der Waals surface area contributed by atoms with Gasteiger partial charge in [-0.15, -0.1) is 11.3 Å². The Hall–Kier alpha value is -3.55. The van der Waals surface area contributed by atoms with Crippen LogP contribution in [0.15, 0.2) is 94.6 Å². The van der Waals surface area contributed by atoms with Crippen LogP contribution < -0.4 is 19.7 Å². The van der Waals surface area contributed by atoms with E-state index in [4.69, 9.17) is 4.74 Å². The van der Waals surface area contributed by atoms with E-state index in [1.54, 1.807) is 23.1 Å². The Morgan fingerprint density at radius 2 is 1.58 bits per heavy atom. The molecule has 5 nitrogen and oxygen atoms in total. The van der Waals surface area contributed by atoms with Crippen LogP contribution in [-0.2, 0) is 11.3 Å². The Labute approximate surface area is 230 Å². The number of thioether (sulfide) groups is 1. The number of rotatable bonds is 5. The van der Waals surface area contributed by atoms with Gasteiger partial charge in [0.1, 0.15) is 20.8 Å². The second-order valence-corrected chi connectivity index (χ2v) is 11.4. The van der Waals surface area contributed by atoms with E-state index in [0.717, 1.165) is 37.9 Å². The van der Waals surface area contributed by atoms with E-state index >= 15 is 0 Å². The van der Waals surface area contributed by atoms with Gasteiger partial charge in [0.25, 0.3) is 5.56 Å². The number of nitrogens with zero attached hydrogens (tertiary/aromatic N) is 3. The van der Waals surface area contributed by atoms with Gasteiger partial charge in [-0.25, -0.2) is 0 Å². The van der Waals surface area contributed by atoms with Crippen molar-refractivity contribution in [1.82, 2.24) is 4.57 Å². The van der Waals surface area contributed by atoms with E-state index in [0.29, 0.717) is 6.54 Å². The molecule has 0 fully saturated rings. The van der Waals surface area contributed by atoms with Gasteiger partial charge in [0.15, 0.2) is 6.10 Å². The SMILES string of the molecule is CCn1c(=CC2=[N+](CC)C(c3ccccc3)C(c3ccccc3)O2)s/c(=C2\Sc3ccccc3N2C)c1=O. The lowest BCUT2D eigenvalue weighted by molar-refractivity contribution is -0.562. The van der Waals surface area contributed by atoms with Crippen LogP contribution in [0.2, 0.25) is 0 Å². The van der Waals surface area contributed by atoms with Crippen LogP contribution >= 0.6 is 23.1 Å². The van der Waals surface area contributed by atoms with Crippen molar-refractivity contribution >= 4 is 45.8 Å². The molecule has 0 bridgehead atoms. The van der Waals surface area contributed by atoms with Crippen LogP contribution in [0.1, 0.15) is 37.1 Å². The van der Waals surface area contributed by atoms with E-state index in [1.807, 2.05) is 42.8 Å². The summed E-state index contributed by atoms with van der Waals surface area (Å²) in [6.45, 7) is 5.57. The van der Waals surface area contributed by atoms with Crippen LogP contribution in [0, 0.1) is 0 Å². The van der Waals surface area contributed by atoms with E-state index in [2.05, 4.69) is 83.1 Å². The van der Waals surface area contributed by atoms with Crippen molar-refractivity contribution in [2.24, 2.45) is 0 Å². The molecule has 4 aromatic rings. The van der Waals surface area contributed by atoms with Gasteiger partial charge in [-0.05, 0) is 31.5 Å². The van der Waals surface area contributed by atoms with Crippen LogP contribution in [0.3, 0.4) is 0 Å². The Morgan fingerprint density at radius 3 is 2.24 bits per heavy atom. The molecule has 3 aromatic carbocycles. The average molecular weight is 541 g/mol. The number of hydrogen-bond acceptors (Lipinski definition) is 5. The molecule has 0 saturated heterocycles. The molecule has 1 aromatic heterocycles. The predicted molar refractivity (Wildman–Crippen MR) is 157 cm³/mol. The zero-order chi connectivity index (χ0) is 26.2. The second-order valence-electron chi connectivity index (χ2n) is 9.33. The minimum Gasteiger partial charge on any atom is -0.429 e. The average Bonchev–Trinajstić information content (AvgIpc) is 3.60. The van der Waals surface area contributed by atoms with Crippen molar-refractivity contribution in [3.63, 3.8) is 0 Å². The first-order valence-corrected chi connectivity index (χ1v) is 14.6. The van der Waals surface area contributed by atoms with E-state index in [-0.39, 0.29) is 17.7 Å². The van der Waals surface area contributed by atoms with Crippen molar-refractivity contribution in [3.05, 3.63) is 116 Å². The van der Waals surface area contributed by atoms with Gasteiger partial charge in [0.2, 0.25) is 6.04 Å². The fourth-order valence-corrected chi connectivity index (χ4v) is 7.75. The van der Waals surface area contributed by atoms with Gasteiger partial charge in [-0.1, -0.05) is 84.6 Å². The maximum atomic E-state index is 13.6. The number of thiazole rings is 1. The van der Waals surface area contributed by atoms with Crippen LogP contribution in [0.4, 0.5) is 5.69 Å². The van der Waals surface area contributed by atoms with Crippen LogP contribution in [0.5, 0.6) is 0 Å². The molecule has 7 heteroatoms. The normalized spacial score (nSPS) is 20.7. The molecule has 0 amide bonds. The quantitative estimate of drug-likeness (QED) is 0.336. The third-order valence-electron chi connectivity index (χ3n) is 7.17. The third kappa shape index (κ3) is 4.20. The molecule has 0 N–H and O–H groups in total. The fraction of sp³-hybridized carbons (Fsp3) is 0.226. The molecule has 0 spiro atoms. The van der Waals surface area contributed by atoms with Gasteiger partial charge in [0.05, 0.1) is 11.8 Å². The van der Waals surface area contributed by atoms with Gasteiger partial charge < -0.3 is 9.64 Å². The lowest BCUT2D eigenvalue weighted by atomic mass is 9.96. The van der Waals surface area contributed by atoms with E-state index in [9.17, 15) is 4.79 Å². The maximum absolute atomic E-state index is 13.6. The number of benzene rings is 3. The number of fused-ring (bicyclic) bond motifs is 1. The molecule has 2 aliphatic rings. The first-order chi connectivity index (χ1) is 18.6. The standard InChI is InChI=1S/C31H30N3O2S2/c1-4-33-25(36-28(22-16-10-7-11-17-22)27(33)21-14-8-6-9-15-21)20-26-34(5-2)30(35)29(38-26)31-32(3)23-18-12-13-19-24(23)37-31/h6-20,27-28H,4-5H2,1-3H3/q+1/b31-29-. The molecule has 3 heterocycles. The molecular weight excluding hydrogens is 510 g/mol. The number of hydrogen-bond donors (Lipinski definition) is 0. The van der Waals surface area contributed by atoms with E-state index in [1.165, 1.54) is 10.5 Å². The molecule has 0 aliphatic carbocycles. The molecule has 6 rings (SSSR count). The van der Waals surface area contributed by atoms with Crippen molar-refractivity contribution in [2.75, 3.05) is 18.5 Å². The summed E-state index contributed by atoms with van der Waals surface area (Å²) in [5.41, 5.74) is 3.53. The van der Waals surface area contributed by atoms with Gasteiger partial charge in [0, 0.05) is 24.1 Å². The highest BCUT2D eigenvalue weighted by Gasteiger charge is 2.44. The number of para-hydroxylation sites is 1. The number of aromatic nitrogens is 1. The maximum Gasteiger partial charge on any atom is 0.366 e. The lowest BCUT2D eigenvalue weighted by Gasteiger charge is -2.16. The lowest BCUT2D eigenvalue weighted by Crippen LogP contribution is -2.33. The number of ether oxygens (including phenoxy) is 1. The van der Waals surface area contributed by atoms with Crippen molar-refractivity contribution in [1.29, 1.82) is 0 Å². The summed E-state index contributed by atoms with van der Waals surface area (Å²) in [4.78, 5) is 16.9. The van der Waals surface area contributed by atoms with Gasteiger partial charge >= 0.3 is 5.90 Å². The first-order valence-electron chi connectivity index (χ1n) is 13.0. The molecule has 0 saturated carbocycles. The van der Waals surface area contributed by atoms with E-state index < -0.39 is 0 Å². The molecular formula is C31H30N3O2S2+. The van der Waals surface area contributed by atoms with Gasteiger partial charge in [-0.3, -0.25) is 9.36 Å². The second kappa shape index (κ2) is 10.3. The summed E-state index contributed by atoms with van der Waals surface area (Å²) in [7, 11) is 2.04. The minimum atomic E-state index is -0.147. The van der Waals surface area contributed by atoms with Crippen LogP contribution in [0.25, 0.3) is 11.1 Å². The summed E-state index contributed by atoms with van der Waals surface area (Å²) in [5.74, 6) is 0.797. The number of anilines is 1. The number of likely N-dealkylation sites (N-methyl/N-ethyl adjacent to an activating group) is 1. The van der Waals surface area contributed by atoms with Crippen molar-refractivity contribution in [2.45, 2.75) is 37.4 Å². The molecule has 0 radical (unpaired) electrons. The molecule has 2 atom stereocenters. The summed E-state index contributed by atoms with van der Waals surface area (Å²) < 4.78 is 12.6. The fourth-order valence-electron chi connectivity index (χ4n) is 5.31. The topological polar surface area (TPSA) is 37.5 Å². The summed E-state index contributed by atoms with van der Waals surface area (Å²) in [5, 5.41) is 0.983. The smallest absolute Gasteiger partial charge is 0.366 e.